The molecule has 0 atom stereocenters. The molecule has 1 aromatic heterocycles. The van der Waals surface area contributed by atoms with Gasteiger partial charge in [0.2, 0.25) is 11.7 Å². The minimum absolute atomic E-state index is 0.136. The molecule has 0 saturated heterocycles. The zero-order chi connectivity index (χ0) is 20.1. The molecule has 0 fully saturated rings. The second kappa shape index (κ2) is 8.52. The van der Waals surface area contributed by atoms with E-state index >= 15 is 0 Å². The minimum Gasteiger partial charge on any atom is -0.496 e. The van der Waals surface area contributed by atoms with Crippen molar-refractivity contribution in [3.8, 4) is 17.1 Å². The molecule has 0 radical (unpaired) electrons. The predicted molar refractivity (Wildman–Crippen MR) is 107 cm³/mol. The molecule has 6 nitrogen and oxygen atoms in total. The number of carbonyl (C=O) groups excluding carboxylic acids is 1. The van der Waals surface area contributed by atoms with Crippen molar-refractivity contribution in [1.29, 1.82) is 0 Å². The lowest BCUT2D eigenvalue weighted by Crippen LogP contribution is -2.26. The monoisotopic (exact) mass is 377 g/mol. The third-order valence-electron chi connectivity index (χ3n) is 4.36. The largest absolute Gasteiger partial charge is 0.496 e. The lowest BCUT2D eigenvalue weighted by atomic mass is 10.1. The number of hydrogen-bond acceptors (Lipinski definition) is 5. The van der Waals surface area contributed by atoms with Crippen LogP contribution >= 0.6 is 0 Å². The summed E-state index contributed by atoms with van der Waals surface area (Å²) in [6.07, 6.45) is 2.40. The maximum absolute atomic E-state index is 12.8. The van der Waals surface area contributed by atoms with Crippen LogP contribution in [0.15, 0.2) is 59.6 Å². The van der Waals surface area contributed by atoms with E-state index in [-0.39, 0.29) is 12.5 Å². The number of methoxy groups -OCH3 is 1. The SMILES string of the molecule is C=CCc1cc(C(=O)N(C)Cc2nc(-c3cccc(C)c3)no2)ccc1OC. The standard InChI is InChI=1S/C22H23N3O3/c1-5-7-16-13-18(10-11-19(16)27-4)22(26)25(3)14-20-23-21(24-28-20)17-9-6-8-15(2)12-17/h5-6,8-13H,1,7,14H2,2-4H3. The molecule has 0 aliphatic heterocycles. The van der Waals surface area contributed by atoms with Gasteiger partial charge in [0, 0.05) is 18.2 Å². The van der Waals surface area contributed by atoms with Crippen molar-refractivity contribution < 1.29 is 14.1 Å². The number of allylic oxidation sites excluding steroid dienone is 1. The number of ether oxygens (including phenoxy) is 1. The van der Waals surface area contributed by atoms with E-state index in [1.165, 1.54) is 0 Å². The first kappa shape index (κ1) is 19.4. The molecule has 0 N–H and O–H groups in total. The fraction of sp³-hybridized carbons (Fsp3) is 0.227. The van der Waals surface area contributed by atoms with Crippen molar-refractivity contribution >= 4 is 5.91 Å². The lowest BCUT2D eigenvalue weighted by Gasteiger charge is -2.16. The summed E-state index contributed by atoms with van der Waals surface area (Å²) in [6, 6.07) is 13.2. The van der Waals surface area contributed by atoms with Crippen LogP contribution in [0.4, 0.5) is 0 Å². The molecule has 0 spiro atoms. The Morgan fingerprint density at radius 3 is 2.82 bits per heavy atom. The highest BCUT2D eigenvalue weighted by Crippen LogP contribution is 2.22. The summed E-state index contributed by atoms with van der Waals surface area (Å²) < 4.78 is 10.7. The summed E-state index contributed by atoms with van der Waals surface area (Å²) in [5, 5.41) is 4.02. The van der Waals surface area contributed by atoms with Crippen LogP contribution in [-0.2, 0) is 13.0 Å². The van der Waals surface area contributed by atoms with Gasteiger partial charge in [-0.2, -0.15) is 4.98 Å². The quantitative estimate of drug-likeness (QED) is 0.581. The summed E-state index contributed by atoms with van der Waals surface area (Å²) in [7, 11) is 3.31. The lowest BCUT2D eigenvalue weighted by molar-refractivity contribution is 0.0769. The number of rotatable bonds is 7. The van der Waals surface area contributed by atoms with Crippen molar-refractivity contribution in [2.45, 2.75) is 19.9 Å². The van der Waals surface area contributed by atoms with E-state index in [2.05, 4.69) is 16.7 Å². The third-order valence-corrected chi connectivity index (χ3v) is 4.36. The van der Waals surface area contributed by atoms with Crippen LogP contribution in [-0.4, -0.2) is 35.1 Å². The molecule has 0 saturated carbocycles. The molecule has 1 amide bonds. The predicted octanol–water partition coefficient (Wildman–Crippen LogP) is 4.05. The van der Waals surface area contributed by atoms with Crippen molar-refractivity contribution in [1.82, 2.24) is 15.0 Å². The van der Waals surface area contributed by atoms with Gasteiger partial charge in [-0.05, 0) is 43.2 Å². The fourth-order valence-electron chi connectivity index (χ4n) is 2.94. The maximum atomic E-state index is 12.8. The topological polar surface area (TPSA) is 68.5 Å². The average molecular weight is 377 g/mol. The molecule has 3 rings (SSSR count). The van der Waals surface area contributed by atoms with Gasteiger partial charge in [0.1, 0.15) is 5.75 Å². The Labute approximate surface area is 164 Å². The van der Waals surface area contributed by atoms with Gasteiger partial charge in [-0.3, -0.25) is 4.79 Å². The van der Waals surface area contributed by atoms with Gasteiger partial charge in [0.05, 0.1) is 13.7 Å². The molecule has 2 aromatic carbocycles. The molecule has 0 aliphatic carbocycles. The highest BCUT2D eigenvalue weighted by atomic mass is 16.5. The van der Waals surface area contributed by atoms with E-state index in [4.69, 9.17) is 9.26 Å². The second-order valence-corrected chi connectivity index (χ2v) is 6.56. The Hall–Kier alpha value is -3.41. The summed E-state index contributed by atoms with van der Waals surface area (Å²) in [6.45, 7) is 5.98. The smallest absolute Gasteiger partial charge is 0.254 e. The van der Waals surface area contributed by atoms with Crippen LogP contribution < -0.4 is 4.74 Å². The van der Waals surface area contributed by atoms with Gasteiger partial charge >= 0.3 is 0 Å². The highest BCUT2D eigenvalue weighted by Gasteiger charge is 2.17. The first-order valence-corrected chi connectivity index (χ1v) is 8.94. The van der Waals surface area contributed by atoms with Gasteiger partial charge in [0.25, 0.3) is 5.91 Å². The number of nitrogens with zero attached hydrogens (tertiary/aromatic N) is 3. The van der Waals surface area contributed by atoms with Gasteiger partial charge in [-0.25, -0.2) is 0 Å². The van der Waals surface area contributed by atoms with E-state index in [0.717, 1.165) is 22.4 Å². The van der Waals surface area contributed by atoms with Crippen LogP contribution in [0.5, 0.6) is 5.75 Å². The van der Waals surface area contributed by atoms with Crippen molar-refractivity contribution in [3.05, 3.63) is 77.7 Å². The first-order chi connectivity index (χ1) is 13.5. The van der Waals surface area contributed by atoms with E-state index in [1.807, 2.05) is 37.3 Å². The van der Waals surface area contributed by atoms with Gasteiger partial charge in [-0.1, -0.05) is 35.0 Å². The summed E-state index contributed by atoms with van der Waals surface area (Å²) in [5.74, 6) is 1.49. The fourth-order valence-corrected chi connectivity index (χ4v) is 2.94. The molecule has 6 heteroatoms. The van der Waals surface area contributed by atoms with Crippen LogP contribution in [0.2, 0.25) is 0 Å². The Bertz CT molecular complexity index is 994. The molecule has 0 bridgehead atoms. The zero-order valence-corrected chi connectivity index (χ0v) is 16.3. The number of benzene rings is 2. The van der Waals surface area contributed by atoms with Gasteiger partial charge < -0.3 is 14.2 Å². The molecule has 0 aliphatic rings. The molecule has 3 aromatic rings. The highest BCUT2D eigenvalue weighted by molar-refractivity contribution is 5.94. The molecular formula is C22H23N3O3. The van der Waals surface area contributed by atoms with Gasteiger partial charge in [-0.15, -0.1) is 6.58 Å². The number of hydrogen-bond donors (Lipinski definition) is 0. The first-order valence-electron chi connectivity index (χ1n) is 8.94. The minimum atomic E-state index is -0.136. The maximum Gasteiger partial charge on any atom is 0.254 e. The van der Waals surface area contributed by atoms with Crippen LogP contribution in [0.3, 0.4) is 0 Å². The van der Waals surface area contributed by atoms with Crippen molar-refractivity contribution in [2.24, 2.45) is 0 Å². The number of aryl methyl sites for hydroxylation is 1. The normalized spacial score (nSPS) is 10.5. The van der Waals surface area contributed by atoms with Crippen molar-refractivity contribution in [3.63, 3.8) is 0 Å². The van der Waals surface area contributed by atoms with Crippen LogP contribution in [0.1, 0.15) is 27.4 Å². The molecule has 1 heterocycles. The number of carbonyl (C=O) groups is 1. The molecule has 144 valence electrons. The Morgan fingerprint density at radius 1 is 1.29 bits per heavy atom. The second-order valence-electron chi connectivity index (χ2n) is 6.56. The summed E-state index contributed by atoms with van der Waals surface area (Å²) in [4.78, 5) is 18.8. The Balaban J connectivity index is 1.74. The summed E-state index contributed by atoms with van der Waals surface area (Å²) in [5.41, 5.74) is 3.48. The molecular weight excluding hydrogens is 354 g/mol. The summed E-state index contributed by atoms with van der Waals surface area (Å²) >= 11 is 0. The van der Waals surface area contributed by atoms with E-state index in [1.54, 1.807) is 37.3 Å². The number of amides is 1. The molecule has 28 heavy (non-hydrogen) atoms. The van der Waals surface area contributed by atoms with E-state index < -0.39 is 0 Å². The average Bonchev–Trinajstić information content (AvgIpc) is 3.16. The van der Waals surface area contributed by atoms with Crippen molar-refractivity contribution in [2.75, 3.05) is 14.2 Å². The third kappa shape index (κ3) is 4.28. The van der Waals surface area contributed by atoms with Crippen LogP contribution in [0, 0.1) is 6.92 Å². The molecule has 0 unspecified atom stereocenters. The van der Waals surface area contributed by atoms with Crippen LogP contribution in [0.25, 0.3) is 11.4 Å². The zero-order valence-electron chi connectivity index (χ0n) is 16.3. The Kier molecular flexibility index (Phi) is 5.89. The number of aromatic nitrogens is 2. The Morgan fingerprint density at radius 2 is 2.11 bits per heavy atom. The van der Waals surface area contributed by atoms with E-state index in [9.17, 15) is 4.79 Å². The van der Waals surface area contributed by atoms with E-state index in [0.29, 0.717) is 23.7 Å². The van der Waals surface area contributed by atoms with Gasteiger partial charge in [0.15, 0.2) is 0 Å².